The Morgan fingerprint density at radius 1 is 0.879 bits per heavy atom. The molecule has 0 aliphatic carbocycles. The van der Waals surface area contributed by atoms with Crippen molar-refractivity contribution in [1.29, 1.82) is 0 Å². The molecule has 6 heteroatoms. The van der Waals surface area contributed by atoms with Crippen LogP contribution < -0.4 is 0 Å². The summed E-state index contributed by atoms with van der Waals surface area (Å²) in [6, 6.07) is 0. The molecule has 1 saturated heterocycles. The van der Waals surface area contributed by atoms with Crippen molar-refractivity contribution in [2.24, 2.45) is 0 Å². The van der Waals surface area contributed by atoms with Crippen molar-refractivity contribution in [3.63, 3.8) is 0 Å². The Hall–Kier alpha value is -2.44. The van der Waals surface area contributed by atoms with Crippen LogP contribution in [0, 0.1) is 0 Å². The molecule has 0 aromatic carbocycles. The van der Waals surface area contributed by atoms with E-state index < -0.39 is 12.1 Å². The molecule has 0 amide bonds. The minimum absolute atomic E-state index is 0.128. The Morgan fingerprint density at radius 2 is 1.42 bits per heavy atom. The minimum Gasteiger partial charge on any atom is -0.462 e. The van der Waals surface area contributed by atoms with Gasteiger partial charge < -0.3 is 19.3 Å². The van der Waals surface area contributed by atoms with Crippen molar-refractivity contribution in [3.8, 4) is 0 Å². The first-order chi connectivity index (χ1) is 16.1. The zero-order valence-corrected chi connectivity index (χ0v) is 20.1. The maximum atomic E-state index is 11.6. The van der Waals surface area contributed by atoms with E-state index in [0.29, 0.717) is 18.6 Å². The lowest BCUT2D eigenvalue weighted by Gasteiger charge is -2.14. The van der Waals surface area contributed by atoms with Crippen molar-refractivity contribution in [2.75, 3.05) is 13.2 Å². The van der Waals surface area contributed by atoms with E-state index in [1.54, 1.807) is 0 Å². The van der Waals surface area contributed by atoms with E-state index in [1.165, 1.54) is 6.92 Å². The smallest absolute Gasteiger partial charge is 0.306 e. The molecule has 1 aliphatic rings. The van der Waals surface area contributed by atoms with Crippen molar-refractivity contribution in [2.45, 2.75) is 83.5 Å². The van der Waals surface area contributed by atoms with Gasteiger partial charge in [0.05, 0.1) is 18.8 Å². The number of rotatable bonds is 18. The van der Waals surface area contributed by atoms with Crippen LogP contribution in [0.2, 0.25) is 0 Å². The SMILES string of the molecule is CC/C=C\CC1OC1C/C=C\C/C=C\C/C=C\C/C=C\CCC(=O)OC[C@H](CO)OC(C)=O. The van der Waals surface area contributed by atoms with Gasteiger partial charge in [-0.05, 0) is 44.9 Å². The number of hydrogen-bond donors (Lipinski definition) is 1. The highest BCUT2D eigenvalue weighted by atomic mass is 16.6. The van der Waals surface area contributed by atoms with Crippen LogP contribution in [0.15, 0.2) is 60.8 Å². The van der Waals surface area contributed by atoms with E-state index in [-0.39, 0.29) is 25.6 Å². The predicted molar refractivity (Wildman–Crippen MR) is 131 cm³/mol. The number of epoxide rings is 1. The topological polar surface area (TPSA) is 85.4 Å². The molecule has 0 saturated carbocycles. The minimum atomic E-state index is -0.805. The lowest BCUT2D eigenvalue weighted by Crippen LogP contribution is -2.27. The van der Waals surface area contributed by atoms with Gasteiger partial charge in [0.15, 0.2) is 6.10 Å². The molecule has 0 aromatic rings. The van der Waals surface area contributed by atoms with Crippen LogP contribution in [-0.2, 0) is 23.8 Å². The van der Waals surface area contributed by atoms with Gasteiger partial charge in [-0.3, -0.25) is 9.59 Å². The third-order valence-electron chi connectivity index (χ3n) is 4.79. The van der Waals surface area contributed by atoms with Crippen molar-refractivity contribution >= 4 is 11.9 Å². The summed E-state index contributed by atoms with van der Waals surface area (Å²) in [6.45, 7) is 2.88. The van der Waals surface area contributed by atoms with Gasteiger partial charge in [-0.1, -0.05) is 67.7 Å². The molecule has 1 fully saturated rings. The molecule has 184 valence electrons. The molecule has 33 heavy (non-hydrogen) atoms. The maximum Gasteiger partial charge on any atom is 0.306 e. The largest absolute Gasteiger partial charge is 0.462 e. The number of carbonyl (C=O) groups is 2. The first kappa shape index (κ1) is 28.6. The molecule has 0 spiro atoms. The normalized spacial score (nSPS) is 19.4. The third-order valence-corrected chi connectivity index (χ3v) is 4.79. The number of carbonyl (C=O) groups excluding carboxylic acids is 2. The summed E-state index contributed by atoms with van der Waals surface area (Å²) in [4.78, 5) is 22.5. The van der Waals surface area contributed by atoms with E-state index in [4.69, 9.17) is 19.3 Å². The molecule has 1 heterocycles. The Morgan fingerprint density at radius 3 is 1.97 bits per heavy atom. The summed E-state index contributed by atoms with van der Waals surface area (Å²) in [5.74, 6) is -0.898. The highest BCUT2D eigenvalue weighted by Gasteiger charge is 2.35. The van der Waals surface area contributed by atoms with Crippen molar-refractivity contribution in [3.05, 3.63) is 60.8 Å². The third kappa shape index (κ3) is 16.8. The summed E-state index contributed by atoms with van der Waals surface area (Å²) in [6.07, 6.45) is 27.9. The van der Waals surface area contributed by atoms with Gasteiger partial charge in [-0.2, -0.15) is 0 Å². The van der Waals surface area contributed by atoms with E-state index in [1.807, 2.05) is 12.2 Å². The maximum absolute atomic E-state index is 11.6. The molecule has 3 atom stereocenters. The second-order valence-corrected chi connectivity index (χ2v) is 7.79. The van der Waals surface area contributed by atoms with Gasteiger partial charge in [-0.15, -0.1) is 0 Å². The van der Waals surface area contributed by atoms with Crippen LogP contribution in [-0.4, -0.2) is 48.6 Å². The average molecular weight is 461 g/mol. The Balaban J connectivity index is 1.97. The molecule has 0 aromatic heterocycles. The van der Waals surface area contributed by atoms with Gasteiger partial charge in [0.2, 0.25) is 0 Å². The molecule has 0 bridgehead atoms. The van der Waals surface area contributed by atoms with Crippen molar-refractivity contribution < 1.29 is 28.9 Å². The van der Waals surface area contributed by atoms with Crippen LogP contribution in [0.25, 0.3) is 0 Å². The summed E-state index contributed by atoms with van der Waals surface area (Å²) < 4.78 is 15.4. The average Bonchev–Trinajstić information content (AvgIpc) is 3.54. The van der Waals surface area contributed by atoms with E-state index in [2.05, 4.69) is 55.5 Å². The first-order valence-electron chi connectivity index (χ1n) is 11.9. The number of ether oxygens (including phenoxy) is 3. The van der Waals surface area contributed by atoms with Crippen LogP contribution in [0.4, 0.5) is 0 Å². The van der Waals surface area contributed by atoms with E-state index >= 15 is 0 Å². The highest BCUT2D eigenvalue weighted by Crippen LogP contribution is 2.29. The van der Waals surface area contributed by atoms with Gasteiger partial charge in [-0.25, -0.2) is 0 Å². The summed E-state index contributed by atoms with van der Waals surface area (Å²) in [7, 11) is 0. The number of esters is 2. The zero-order valence-electron chi connectivity index (χ0n) is 20.1. The standard InChI is InChI=1S/C27H40O6/c1-3-4-15-18-25-26(33-25)19-16-13-11-9-7-5-6-8-10-12-14-17-20-27(30)31-22-24(21-28)32-23(2)29/h4,6-9,12-16,24-26,28H,3,5,10-11,17-22H2,1-2H3/b8-6-,9-7-,14-12-,15-4-,16-13-/t24-,25?,26?/m0/s1. The fourth-order valence-electron chi connectivity index (χ4n) is 2.97. The van der Waals surface area contributed by atoms with E-state index in [9.17, 15) is 9.59 Å². The summed E-state index contributed by atoms with van der Waals surface area (Å²) >= 11 is 0. The lowest BCUT2D eigenvalue weighted by atomic mass is 10.1. The molecule has 0 radical (unpaired) electrons. The summed E-state index contributed by atoms with van der Waals surface area (Å²) in [5, 5.41) is 9.04. The molecule has 2 unspecified atom stereocenters. The van der Waals surface area contributed by atoms with Crippen molar-refractivity contribution in [1.82, 2.24) is 0 Å². The molecular weight excluding hydrogens is 420 g/mol. The van der Waals surface area contributed by atoms with Crippen LogP contribution in [0.1, 0.15) is 65.2 Å². The highest BCUT2D eigenvalue weighted by molar-refractivity contribution is 5.69. The second kappa shape index (κ2) is 19.1. The zero-order chi connectivity index (χ0) is 24.2. The number of aliphatic hydroxyl groups excluding tert-OH is 1. The van der Waals surface area contributed by atoms with E-state index in [0.717, 1.165) is 38.5 Å². The monoisotopic (exact) mass is 460 g/mol. The number of aliphatic hydroxyl groups is 1. The molecule has 1 rings (SSSR count). The molecule has 6 nitrogen and oxygen atoms in total. The van der Waals surface area contributed by atoms with Crippen LogP contribution >= 0.6 is 0 Å². The van der Waals surface area contributed by atoms with Crippen LogP contribution in [0.3, 0.4) is 0 Å². The van der Waals surface area contributed by atoms with Gasteiger partial charge in [0.25, 0.3) is 0 Å². The van der Waals surface area contributed by atoms with Gasteiger partial charge in [0, 0.05) is 13.3 Å². The second-order valence-electron chi connectivity index (χ2n) is 7.79. The first-order valence-corrected chi connectivity index (χ1v) is 11.9. The Bertz CT molecular complexity index is 689. The number of allylic oxidation sites excluding steroid dienone is 8. The lowest BCUT2D eigenvalue weighted by molar-refractivity contribution is -0.159. The molecular formula is C27H40O6. The fraction of sp³-hybridized carbons (Fsp3) is 0.556. The molecule has 1 aliphatic heterocycles. The quantitative estimate of drug-likeness (QED) is 0.173. The number of hydrogen-bond acceptors (Lipinski definition) is 6. The predicted octanol–water partition coefficient (Wildman–Crippen LogP) is 5.14. The Labute approximate surface area is 198 Å². The van der Waals surface area contributed by atoms with Gasteiger partial charge in [0.1, 0.15) is 6.61 Å². The van der Waals surface area contributed by atoms with Crippen LogP contribution in [0.5, 0.6) is 0 Å². The fourth-order valence-corrected chi connectivity index (χ4v) is 2.97. The summed E-state index contributed by atoms with van der Waals surface area (Å²) in [5.41, 5.74) is 0. The van der Waals surface area contributed by atoms with Gasteiger partial charge >= 0.3 is 11.9 Å². The Kier molecular flexibility index (Phi) is 16.5. The molecule has 1 N–H and O–H groups in total.